The average molecular weight is 340 g/mol. The van der Waals surface area contributed by atoms with Crippen LogP contribution in [0.5, 0.6) is 5.75 Å². The van der Waals surface area contributed by atoms with Crippen LogP contribution in [0, 0.1) is 0 Å². The van der Waals surface area contributed by atoms with E-state index in [1.165, 1.54) is 0 Å². The summed E-state index contributed by atoms with van der Waals surface area (Å²) in [6, 6.07) is 5.28. The Bertz CT molecular complexity index is 629. The Balaban J connectivity index is 0.00000192. The Morgan fingerprint density at radius 3 is 2.70 bits per heavy atom. The van der Waals surface area contributed by atoms with Gasteiger partial charge in [0.05, 0.1) is 11.2 Å². The Hall–Kier alpha value is -1.79. The molecule has 23 heavy (non-hydrogen) atoms. The fourth-order valence-corrected chi connectivity index (χ4v) is 3.08. The molecule has 0 radical (unpaired) electrons. The number of anilines is 2. The lowest BCUT2D eigenvalue weighted by molar-refractivity contribution is -0.125. The maximum absolute atomic E-state index is 12.4. The number of rotatable bonds is 2. The van der Waals surface area contributed by atoms with Gasteiger partial charge in [-0.15, -0.1) is 12.4 Å². The third kappa shape index (κ3) is 3.14. The monoisotopic (exact) mass is 339 g/mol. The lowest BCUT2D eigenvalue weighted by atomic mass is 9.98. The van der Waals surface area contributed by atoms with E-state index in [0.717, 1.165) is 12.8 Å². The Morgan fingerprint density at radius 1 is 1.39 bits per heavy atom. The molecule has 1 aliphatic heterocycles. The van der Waals surface area contributed by atoms with E-state index in [4.69, 9.17) is 10.5 Å². The zero-order chi connectivity index (χ0) is 15.9. The SMILES string of the molecule is CC1Oc2ccc(NC(=O)C3(N)CCCC3)cc2N(C)C1=O.Cl. The molecule has 0 spiro atoms. The van der Waals surface area contributed by atoms with Crippen molar-refractivity contribution in [1.82, 2.24) is 0 Å². The molecule has 1 heterocycles. The highest BCUT2D eigenvalue weighted by Crippen LogP contribution is 2.36. The van der Waals surface area contributed by atoms with E-state index in [1.807, 2.05) is 0 Å². The normalized spacial score (nSPS) is 22.0. The summed E-state index contributed by atoms with van der Waals surface area (Å²) in [6.07, 6.45) is 2.89. The first kappa shape index (κ1) is 17.6. The molecule has 1 aromatic carbocycles. The van der Waals surface area contributed by atoms with Gasteiger partial charge in [-0.05, 0) is 38.0 Å². The number of benzene rings is 1. The van der Waals surface area contributed by atoms with Crippen LogP contribution in [0.2, 0.25) is 0 Å². The van der Waals surface area contributed by atoms with Crippen molar-refractivity contribution in [2.45, 2.75) is 44.2 Å². The lowest BCUT2D eigenvalue weighted by Gasteiger charge is -2.31. The highest BCUT2D eigenvalue weighted by Gasteiger charge is 2.37. The summed E-state index contributed by atoms with van der Waals surface area (Å²) in [7, 11) is 1.70. The minimum absolute atomic E-state index is 0. The molecule has 0 aromatic heterocycles. The maximum atomic E-state index is 12.4. The van der Waals surface area contributed by atoms with Crippen molar-refractivity contribution in [3.05, 3.63) is 18.2 Å². The Morgan fingerprint density at radius 2 is 2.04 bits per heavy atom. The van der Waals surface area contributed by atoms with Crippen molar-refractivity contribution in [1.29, 1.82) is 0 Å². The molecule has 7 heteroatoms. The topological polar surface area (TPSA) is 84.7 Å². The first-order valence-corrected chi connectivity index (χ1v) is 7.59. The number of ether oxygens (including phenoxy) is 1. The third-order valence-electron chi connectivity index (χ3n) is 4.51. The Kier molecular flexibility index (Phi) is 4.87. The van der Waals surface area contributed by atoms with Crippen molar-refractivity contribution >= 4 is 35.6 Å². The van der Waals surface area contributed by atoms with Crippen LogP contribution < -0.4 is 20.7 Å². The van der Waals surface area contributed by atoms with Gasteiger partial charge in [0.1, 0.15) is 5.75 Å². The van der Waals surface area contributed by atoms with E-state index in [2.05, 4.69) is 5.32 Å². The zero-order valence-corrected chi connectivity index (χ0v) is 14.1. The summed E-state index contributed by atoms with van der Waals surface area (Å²) in [4.78, 5) is 25.9. The van der Waals surface area contributed by atoms with Gasteiger partial charge in [-0.2, -0.15) is 0 Å². The van der Waals surface area contributed by atoms with Crippen LogP contribution >= 0.6 is 12.4 Å². The summed E-state index contributed by atoms with van der Waals surface area (Å²) < 4.78 is 5.57. The molecule has 1 atom stereocenters. The van der Waals surface area contributed by atoms with Crippen LogP contribution in [0.3, 0.4) is 0 Å². The van der Waals surface area contributed by atoms with Crippen molar-refractivity contribution in [3.63, 3.8) is 0 Å². The van der Waals surface area contributed by atoms with Crippen LogP contribution in [0.1, 0.15) is 32.6 Å². The fraction of sp³-hybridized carbons (Fsp3) is 0.500. The summed E-state index contributed by atoms with van der Waals surface area (Å²) in [6.45, 7) is 1.72. The standard InChI is InChI=1S/C16H21N3O3.ClH/c1-10-14(20)19(2)12-9-11(5-6-13(12)22-10)18-15(21)16(17)7-3-4-8-16;/h5-6,9-10H,3-4,7-8,17H2,1-2H3,(H,18,21);1H. The third-order valence-corrected chi connectivity index (χ3v) is 4.51. The molecule has 2 amide bonds. The van der Waals surface area contributed by atoms with E-state index in [9.17, 15) is 9.59 Å². The van der Waals surface area contributed by atoms with Crippen LogP contribution in [-0.2, 0) is 9.59 Å². The molecule has 3 N–H and O–H groups in total. The number of nitrogens with one attached hydrogen (secondary N) is 1. The summed E-state index contributed by atoms with van der Waals surface area (Å²) in [5.74, 6) is 0.363. The Labute approximate surface area is 141 Å². The second-order valence-corrected chi connectivity index (χ2v) is 6.16. The maximum Gasteiger partial charge on any atom is 0.267 e. The molecule has 0 saturated heterocycles. The number of halogens is 1. The molecule has 126 valence electrons. The molecule has 0 bridgehead atoms. The number of likely N-dealkylation sites (N-methyl/N-ethyl adjacent to an activating group) is 1. The van der Waals surface area contributed by atoms with Gasteiger partial charge in [-0.3, -0.25) is 9.59 Å². The molecule has 1 saturated carbocycles. The van der Waals surface area contributed by atoms with Crippen molar-refractivity contribution in [3.8, 4) is 5.75 Å². The molecule has 1 aromatic rings. The smallest absolute Gasteiger partial charge is 0.267 e. The van der Waals surface area contributed by atoms with Crippen molar-refractivity contribution in [2.75, 3.05) is 17.3 Å². The quantitative estimate of drug-likeness (QED) is 0.863. The number of nitrogens with two attached hydrogens (primary N) is 1. The minimum atomic E-state index is -0.775. The van der Waals surface area contributed by atoms with E-state index >= 15 is 0 Å². The molecule has 6 nitrogen and oxygen atoms in total. The number of hydrogen-bond acceptors (Lipinski definition) is 4. The number of hydrogen-bond donors (Lipinski definition) is 2. The summed E-state index contributed by atoms with van der Waals surface area (Å²) >= 11 is 0. The highest BCUT2D eigenvalue weighted by atomic mass is 35.5. The van der Waals surface area contributed by atoms with Gasteiger partial charge in [0.2, 0.25) is 5.91 Å². The average Bonchev–Trinajstić information content (AvgIpc) is 2.94. The molecule has 3 rings (SSSR count). The van der Waals surface area contributed by atoms with E-state index < -0.39 is 11.6 Å². The van der Waals surface area contributed by atoms with Gasteiger partial charge >= 0.3 is 0 Å². The van der Waals surface area contributed by atoms with Gasteiger partial charge in [-0.1, -0.05) is 12.8 Å². The van der Waals surface area contributed by atoms with Crippen LogP contribution in [0.4, 0.5) is 11.4 Å². The fourth-order valence-electron chi connectivity index (χ4n) is 3.08. The van der Waals surface area contributed by atoms with Gasteiger partial charge in [0, 0.05) is 12.7 Å². The number of nitrogens with zero attached hydrogens (tertiary/aromatic N) is 1. The lowest BCUT2D eigenvalue weighted by Crippen LogP contribution is -2.48. The number of carbonyl (C=O) groups excluding carboxylic acids is 2. The van der Waals surface area contributed by atoms with Crippen LogP contribution in [0.25, 0.3) is 0 Å². The number of amides is 2. The van der Waals surface area contributed by atoms with Crippen molar-refractivity contribution in [2.24, 2.45) is 5.73 Å². The van der Waals surface area contributed by atoms with E-state index in [0.29, 0.717) is 30.0 Å². The molecule has 2 aliphatic rings. The van der Waals surface area contributed by atoms with Crippen LogP contribution in [-0.4, -0.2) is 30.5 Å². The van der Waals surface area contributed by atoms with Gasteiger partial charge in [-0.25, -0.2) is 0 Å². The van der Waals surface area contributed by atoms with Gasteiger partial charge in [0.25, 0.3) is 5.91 Å². The summed E-state index contributed by atoms with van der Waals surface area (Å²) in [5, 5.41) is 2.86. The van der Waals surface area contributed by atoms with Gasteiger partial charge in [0.15, 0.2) is 6.10 Å². The molecular weight excluding hydrogens is 318 g/mol. The number of fused-ring (bicyclic) bond motifs is 1. The predicted octanol–water partition coefficient (Wildman–Crippen LogP) is 2.06. The molecule has 1 fully saturated rings. The molecule has 1 aliphatic carbocycles. The van der Waals surface area contributed by atoms with Gasteiger partial charge < -0.3 is 20.7 Å². The minimum Gasteiger partial charge on any atom is -0.479 e. The second kappa shape index (κ2) is 6.37. The predicted molar refractivity (Wildman–Crippen MR) is 91.2 cm³/mol. The van der Waals surface area contributed by atoms with Crippen molar-refractivity contribution < 1.29 is 14.3 Å². The second-order valence-electron chi connectivity index (χ2n) is 6.16. The van der Waals surface area contributed by atoms with Crippen LogP contribution in [0.15, 0.2) is 18.2 Å². The molecular formula is C16H22ClN3O3. The van der Waals surface area contributed by atoms with E-state index in [-0.39, 0.29) is 24.2 Å². The largest absolute Gasteiger partial charge is 0.479 e. The first-order chi connectivity index (χ1) is 10.4. The number of carbonyl (C=O) groups is 2. The zero-order valence-electron chi connectivity index (χ0n) is 13.3. The summed E-state index contributed by atoms with van der Waals surface area (Å²) in [5.41, 5.74) is 6.65. The molecule has 1 unspecified atom stereocenters. The van der Waals surface area contributed by atoms with E-state index in [1.54, 1.807) is 37.1 Å². The highest BCUT2D eigenvalue weighted by molar-refractivity contribution is 6.02. The first-order valence-electron chi connectivity index (χ1n) is 7.59.